The van der Waals surface area contributed by atoms with E-state index in [0.717, 1.165) is 5.56 Å². The van der Waals surface area contributed by atoms with Gasteiger partial charge in [-0.3, -0.25) is 4.40 Å². The summed E-state index contributed by atoms with van der Waals surface area (Å²) in [5.74, 6) is -2.25. The Morgan fingerprint density at radius 3 is 2.78 bits per heavy atom. The van der Waals surface area contributed by atoms with E-state index in [-0.39, 0.29) is 31.2 Å². The molecule has 6 nitrogen and oxygen atoms in total. The van der Waals surface area contributed by atoms with E-state index in [0.29, 0.717) is 17.1 Å². The number of halogens is 2. The zero-order valence-electron chi connectivity index (χ0n) is 12.7. The van der Waals surface area contributed by atoms with Crippen LogP contribution in [0, 0.1) is 19.8 Å². The summed E-state index contributed by atoms with van der Waals surface area (Å²) < 4.78 is 37.6. The molecule has 3 rings (SSSR count). The third-order valence-electron chi connectivity index (χ3n) is 3.78. The van der Waals surface area contributed by atoms with E-state index < -0.39 is 12.1 Å². The fourth-order valence-electron chi connectivity index (χ4n) is 2.76. The number of pyridine rings is 1. The molecule has 0 bridgehead atoms. The highest BCUT2D eigenvalue weighted by Crippen LogP contribution is 2.42. The van der Waals surface area contributed by atoms with E-state index in [1.165, 1.54) is 4.40 Å². The summed E-state index contributed by atoms with van der Waals surface area (Å²) in [5, 5.41) is 8.81. The molecule has 1 aliphatic rings. The van der Waals surface area contributed by atoms with E-state index in [9.17, 15) is 13.6 Å². The van der Waals surface area contributed by atoms with Crippen molar-refractivity contribution in [1.29, 1.82) is 0 Å². The number of carbonyl (C=O) groups is 1. The number of hydrogen-bond acceptors (Lipinski definition) is 4. The minimum Gasteiger partial charge on any atom is -0.489 e. The fourth-order valence-corrected chi connectivity index (χ4v) is 2.76. The van der Waals surface area contributed by atoms with Gasteiger partial charge in [0.1, 0.15) is 5.69 Å². The predicted molar refractivity (Wildman–Crippen MR) is 76.5 cm³/mol. The average molecular weight is 326 g/mol. The van der Waals surface area contributed by atoms with Gasteiger partial charge in [0.15, 0.2) is 11.4 Å². The number of aromatic nitrogens is 2. The Hall–Kier alpha value is -2.38. The molecule has 0 aromatic carbocycles. The molecule has 1 saturated carbocycles. The van der Waals surface area contributed by atoms with Crippen LogP contribution in [0.25, 0.3) is 5.65 Å². The monoisotopic (exact) mass is 326 g/mol. The molecular formula is C15H16F2N2O4. The van der Waals surface area contributed by atoms with Crippen LogP contribution in [-0.2, 0) is 0 Å². The molecule has 0 spiro atoms. The lowest BCUT2D eigenvalue weighted by Gasteiger charge is -2.34. The Morgan fingerprint density at radius 2 is 2.17 bits per heavy atom. The molecule has 0 saturated heterocycles. The number of hydrogen-bond donors (Lipinski definition) is 1. The Morgan fingerprint density at radius 1 is 1.48 bits per heavy atom. The van der Waals surface area contributed by atoms with Gasteiger partial charge in [0.2, 0.25) is 11.8 Å². The molecule has 1 fully saturated rings. The third kappa shape index (κ3) is 3.06. The lowest BCUT2D eigenvalue weighted by Crippen LogP contribution is -2.38. The second-order valence-corrected chi connectivity index (χ2v) is 5.89. The van der Waals surface area contributed by atoms with Gasteiger partial charge in [0.25, 0.3) is 0 Å². The lowest BCUT2D eigenvalue weighted by molar-refractivity contribution is -0.119. The molecule has 1 aliphatic carbocycles. The minimum atomic E-state index is -2.58. The number of nitrogens with zero attached hydrogens (tertiary/aromatic N) is 2. The Kier molecular flexibility index (Phi) is 3.62. The smallest absolute Gasteiger partial charge is 0.489 e. The van der Waals surface area contributed by atoms with Crippen LogP contribution in [0.5, 0.6) is 11.6 Å². The van der Waals surface area contributed by atoms with Crippen LogP contribution in [0.2, 0.25) is 0 Å². The number of fused-ring (bicyclic) bond motifs is 1. The second kappa shape index (κ2) is 5.36. The summed E-state index contributed by atoms with van der Waals surface area (Å²) in [4.78, 5) is 15.0. The number of rotatable bonds is 4. The van der Waals surface area contributed by atoms with Crippen molar-refractivity contribution in [2.45, 2.75) is 32.6 Å². The van der Waals surface area contributed by atoms with Gasteiger partial charge in [0, 0.05) is 25.0 Å². The summed E-state index contributed by atoms with van der Waals surface area (Å²) in [5.41, 5.74) is 1.60. The molecule has 0 aliphatic heterocycles. The second-order valence-electron chi connectivity index (χ2n) is 5.89. The molecule has 2 heterocycles. The molecular weight excluding hydrogens is 310 g/mol. The van der Waals surface area contributed by atoms with E-state index >= 15 is 0 Å². The SMILES string of the molecule is Cc1cc(OCC2CC(F)(F)C2)c2nc(C)c(OC(=O)O)n2c1. The van der Waals surface area contributed by atoms with Crippen molar-refractivity contribution in [1.82, 2.24) is 9.38 Å². The zero-order chi connectivity index (χ0) is 16.8. The highest BCUT2D eigenvalue weighted by molar-refractivity contribution is 5.64. The first kappa shape index (κ1) is 15.5. The van der Waals surface area contributed by atoms with Crippen molar-refractivity contribution >= 4 is 11.8 Å². The topological polar surface area (TPSA) is 73.1 Å². The van der Waals surface area contributed by atoms with Crippen LogP contribution >= 0.6 is 0 Å². The molecule has 23 heavy (non-hydrogen) atoms. The summed E-state index contributed by atoms with van der Waals surface area (Å²) in [6, 6.07) is 1.74. The van der Waals surface area contributed by atoms with E-state index in [2.05, 4.69) is 4.98 Å². The molecule has 1 N–H and O–H groups in total. The van der Waals surface area contributed by atoms with Crippen molar-refractivity contribution in [3.05, 3.63) is 23.5 Å². The average Bonchev–Trinajstić information content (AvgIpc) is 2.70. The first-order valence-corrected chi connectivity index (χ1v) is 7.16. The number of alkyl halides is 2. The Labute approximate surface area is 130 Å². The van der Waals surface area contributed by atoms with Crippen molar-refractivity contribution < 1.29 is 28.2 Å². The Balaban J connectivity index is 1.87. The zero-order valence-corrected chi connectivity index (χ0v) is 12.7. The first-order chi connectivity index (χ1) is 10.7. The number of carboxylic acid groups (broad SMARTS) is 1. The van der Waals surface area contributed by atoms with Gasteiger partial charge in [0.05, 0.1) is 6.61 Å². The molecule has 8 heteroatoms. The van der Waals surface area contributed by atoms with Gasteiger partial charge in [-0.1, -0.05) is 0 Å². The van der Waals surface area contributed by atoms with Crippen LogP contribution < -0.4 is 9.47 Å². The molecule has 0 radical (unpaired) electrons. The standard InChI is InChI=1S/C15H16F2N2O4/c1-8-3-11(22-7-10-4-15(16,17)5-10)12-18-9(2)13(19(12)6-8)23-14(20)21/h3,6,10H,4-5,7H2,1-2H3,(H,20,21). The van der Waals surface area contributed by atoms with Crippen molar-refractivity contribution in [2.24, 2.45) is 5.92 Å². The van der Waals surface area contributed by atoms with Gasteiger partial charge < -0.3 is 14.6 Å². The Bertz CT molecular complexity index is 764. The van der Waals surface area contributed by atoms with Crippen LogP contribution in [0.1, 0.15) is 24.1 Å². The minimum absolute atomic E-state index is 0.0937. The summed E-state index contributed by atoms with van der Waals surface area (Å²) >= 11 is 0. The van der Waals surface area contributed by atoms with Crippen molar-refractivity contribution in [3.63, 3.8) is 0 Å². The van der Waals surface area contributed by atoms with Crippen LogP contribution in [0.3, 0.4) is 0 Å². The molecule has 0 amide bonds. The summed E-state index contributed by atoms with van der Waals surface area (Å²) in [6.45, 7) is 3.61. The van der Waals surface area contributed by atoms with E-state index in [1.807, 2.05) is 6.92 Å². The molecule has 0 atom stereocenters. The van der Waals surface area contributed by atoms with Gasteiger partial charge in [-0.05, 0) is 25.5 Å². The number of aryl methyl sites for hydroxylation is 2. The van der Waals surface area contributed by atoms with Gasteiger partial charge in [-0.25, -0.2) is 18.6 Å². The summed E-state index contributed by atoms with van der Waals surface area (Å²) in [7, 11) is 0. The third-order valence-corrected chi connectivity index (χ3v) is 3.78. The van der Waals surface area contributed by atoms with Crippen LogP contribution in [0.15, 0.2) is 12.3 Å². The van der Waals surface area contributed by atoms with Gasteiger partial charge in [-0.2, -0.15) is 0 Å². The van der Waals surface area contributed by atoms with Crippen molar-refractivity contribution in [2.75, 3.05) is 6.61 Å². The molecule has 124 valence electrons. The predicted octanol–water partition coefficient (Wildman–Crippen LogP) is 3.43. The molecule has 2 aromatic heterocycles. The number of ether oxygens (including phenoxy) is 2. The summed E-state index contributed by atoms with van der Waals surface area (Å²) in [6.07, 6.45) is -0.0975. The van der Waals surface area contributed by atoms with Crippen molar-refractivity contribution in [3.8, 4) is 11.6 Å². The highest BCUT2D eigenvalue weighted by atomic mass is 19.3. The van der Waals surface area contributed by atoms with Gasteiger partial charge in [-0.15, -0.1) is 0 Å². The largest absolute Gasteiger partial charge is 0.512 e. The normalized spacial score (nSPS) is 17.0. The van der Waals surface area contributed by atoms with E-state index in [4.69, 9.17) is 14.6 Å². The van der Waals surface area contributed by atoms with Crippen LogP contribution in [-0.4, -0.2) is 33.2 Å². The van der Waals surface area contributed by atoms with Crippen LogP contribution in [0.4, 0.5) is 13.6 Å². The number of imidazole rings is 1. The van der Waals surface area contributed by atoms with Gasteiger partial charge >= 0.3 is 6.16 Å². The quantitative estimate of drug-likeness (QED) is 0.871. The fraction of sp³-hybridized carbons (Fsp3) is 0.467. The maximum Gasteiger partial charge on any atom is 0.512 e. The maximum atomic E-state index is 12.9. The van der Waals surface area contributed by atoms with E-state index in [1.54, 1.807) is 19.2 Å². The highest BCUT2D eigenvalue weighted by Gasteiger charge is 2.45. The maximum absolute atomic E-state index is 12.9. The first-order valence-electron chi connectivity index (χ1n) is 7.16. The lowest BCUT2D eigenvalue weighted by atomic mass is 9.82. The molecule has 2 aromatic rings. The molecule has 0 unspecified atom stereocenters.